The van der Waals surface area contributed by atoms with E-state index in [1.165, 1.54) is 5.56 Å². The van der Waals surface area contributed by atoms with Gasteiger partial charge in [0.15, 0.2) is 0 Å². The Morgan fingerprint density at radius 2 is 2.25 bits per heavy atom. The molecule has 0 amide bonds. The van der Waals surface area contributed by atoms with Crippen molar-refractivity contribution in [3.05, 3.63) is 54.4 Å². The number of aryl methyl sites for hydroxylation is 2. The van der Waals surface area contributed by atoms with Crippen molar-refractivity contribution >= 4 is 5.95 Å². The molecule has 4 heteroatoms. The number of hydrogen-bond acceptors (Lipinski definition) is 3. The van der Waals surface area contributed by atoms with Crippen LogP contribution in [0.1, 0.15) is 11.3 Å². The summed E-state index contributed by atoms with van der Waals surface area (Å²) in [7, 11) is 0. The zero-order valence-corrected chi connectivity index (χ0v) is 12.1. The van der Waals surface area contributed by atoms with E-state index in [4.69, 9.17) is 4.74 Å². The van der Waals surface area contributed by atoms with Gasteiger partial charge >= 0.3 is 0 Å². The molecule has 0 radical (unpaired) electrons. The topological polar surface area (TPSA) is 39.1 Å². The molecule has 1 heterocycles. The highest BCUT2D eigenvalue weighted by atomic mass is 16.5. The summed E-state index contributed by atoms with van der Waals surface area (Å²) in [5, 5.41) is 3.22. The minimum absolute atomic E-state index is 0.613. The molecule has 2 rings (SSSR count). The molecule has 0 saturated carbocycles. The maximum absolute atomic E-state index is 5.76. The number of imidazole rings is 1. The fourth-order valence-electron chi connectivity index (χ4n) is 1.99. The Labute approximate surface area is 120 Å². The molecule has 106 valence electrons. The molecule has 1 aromatic carbocycles. The largest absolute Gasteiger partial charge is 0.492 e. The van der Waals surface area contributed by atoms with Gasteiger partial charge in [0.05, 0.1) is 12.2 Å². The number of ether oxygens (including phenoxy) is 1. The number of nitrogens with zero attached hydrogens (tertiary/aromatic N) is 2. The average molecular weight is 271 g/mol. The Morgan fingerprint density at radius 1 is 1.40 bits per heavy atom. The van der Waals surface area contributed by atoms with Crippen molar-refractivity contribution in [3.63, 3.8) is 0 Å². The third-order valence-corrected chi connectivity index (χ3v) is 2.89. The minimum Gasteiger partial charge on any atom is -0.492 e. The number of hydrogen-bond donors (Lipinski definition) is 1. The van der Waals surface area contributed by atoms with Crippen LogP contribution in [0, 0.1) is 13.8 Å². The van der Waals surface area contributed by atoms with Crippen LogP contribution < -0.4 is 10.1 Å². The van der Waals surface area contributed by atoms with E-state index in [0.717, 1.165) is 23.9 Å². The van der Waals surface area contributed by atoms with E-state index in [-0.39, 0.29) is 0 Å². The summed E-state index contributed by atoms with van der Waals surface area (Å²) in [6, 6.07) is 8.07. The van der Waals surface area contributed by atoms with Crippen molar-refractivity contribution in [3.8, 4) is 5.75 Å². The molecule has 0 bridgehead atoms. The van der Waals surface area contributed by atoms with E-state index in [1.54, 1.807) is 0 Å². The minimum atomic E-state index is 0.613. The van der Waals surface area contributed by atoms with Crippen molar-refractivity contribution < 1.29 is 4.74 Å². The lowest BCUT2D eigenvalue weighted by atomic mass is 10.2. The first-order valence-electron chi connectivity index (χ1n) is 6.77. The normalized spacial score (nSPS) is 10.3. The van der Waals surface area contributed by atoms with Crippen LogP contribution in [0.4, 0.5) is 5.95 Å². The van der Waals surface area contributed by atoms with E-state index >= 15 is 0 Å². The fourth-order valence-corrected chi connectivity index (χ4v) is 1.99. The molecule has 0 aliphatic rings. The summed E-state index contributed by atoms with van der Waals surface area (Å²) in [6.45, 7) is 9.81. The van der Waals surface area contributed by atoms with E-state index in [9.17, 15) is 0 Å². The van der Waals surface area contributed by atoms with Crippen molar-refractivity contribution in [1.29, 1.82) is 0 Å². The third kappa shape index (κ3) is 3.88. The molecule has 4 nitrogen and oxygen atoms in total. The number of nitrogens with one attached hydrogen (secondary N) is 1. The summed E-state index contributed by atoms with van der Waals surface area (Å²) >= 11 is 0. The van der Waals surface area contributed by atoms with Gasteiger partial charge in [0.25, 0.3) is 0 Å². The highest BCUT2D eigenvalue weighted by Gasteiger charge is 2.04. The van der Waals surface area contributed by atoms with Crippen LogP contribution in [0.2, 0.25) is 0 Å². The fraction of sp³-hybridized carbons (Fsp3) is 0.312. The lowest BCUT2D eigenvalue weighted by molar-refractivity contribution is 0.299. The van der Waals surface area contributed by atoms with Gasteiger partial charge in [-0.05, 0) is 31.5 Å². The van der Waals surface area contributed by atoms with Gasteiger partial charge in [-0.15, -0.1) is 6.58 Å². The molecule has 0 aliphatic carbocycles. The molecule has 0 saturated heterocycles. The molecule has 0 aliphatic heterocycles. The molecule has 0 atom stereocenters. The van der Waals surface area contributed by atoms with Gasteiger partial charge in [0.1, 0.15) is 12.4 Å². The van der Waals surface area contributed by atoms with E-state index in [1.807, 2.05) is 37.4 Å². The summed E-state index contributed by atoms with van der Waals surface area (Å²) in [4.78, 5) is 4.44. The highest BCUT2D eigenvalue weighted by Crippen LogP contribution is 2.13. The molecule has 1 N–H and O–H groups in total. The second kappa shape index (κ2) is 6.80. The Balaban J connectivity index is 1.91. The van der Waals surface area contributed by atoms with Crippen LogP contribution in [0.15, 0.2) is 43.1 Å². The number of benzene rings is 1. The van der Waals surface area contributed by atoms with Gasteiger partial charge in [-0.2, -0.15) is 0 Å². The first-order valence-corrected chi connectivity index (χ1v) is 6.77. The summed E-state index contributed by atoms with van der Waals surface area (Å²) in [5.74, 6) is 1.76. The molecular formula is C16H21N3O. The molecular weight excluding hydrogens is 250 g/mol. The standard InChI is InChI=1S/C16H21N3O/c1-4-8-17-16-18-14(3)12-19(16)9-10-20-15-7-5-6-13(2)11-15/h4-7,11-12H,1,8-10H2,2-3H3,(H,17,18). The van der Waals surface area contributed by atoms with Crippen LogP contribution in [0.5, 0.6) is 5.75 Å². The summed E-state index contributed by atoms with van der Waals surface area (Å²) < 4.78 is 7.83. The van der Waals surface area contributed by atoms with Gasteiger partial charge in [-0.3, -0.25) is 0 Å². The van der Waals surface area contributed by atoms with E-state index in [0.29, 0.717) is 13.2 Å². The van der Waals surface area contributed by atoms with Gasteiger partial charge < -0.3 is 14.6 Å². The second-order valence-corrected chi connectivity index (χ2v) is 4.73. The first kappa shape index (κ1) is 14.2. The highest BCUT2D eigenvalue weighted by molar-refractivity contribution is 5.30. The Morgan fingerprint density at radius 3 is 3.00 bits per heavy atom. The van der Waals surface area contributed by atoms with Crippen LogP contribution >= 0.6 is 0 Å². The molecule has 1 aromatic heterocycles. The van der Waals surface area contributed by atoms with Crippen LogP contribution in [0.3, 0.4) is 0 Å². The molecule has 0 spiro atoms. The monoisotopic (exact) mass is 271 g/mol. The smallest absolute Gasteiger partial charge is 0.203 e. The van der Waals surface area contributed by atoms with Crippen molar-refractivity contribution in [1.82, 2.24) is 9.55 Å². The Bertz CT molecular complexity index is 575. The summed E-state index contributed by atoms with van der Waals surface area (Å²) in [5.41, 5.74) is 2.20. The SMILES string of the molecule is C=CCNc1nc(C)cn1CCOc1cccc(C)c1. The molecule has 2 aromatic rings. The van der Waals surface area contributed by atoms with E-state index < -0.39 is 0 Å². The molecule has 20 heavy (non-hydrogen) atoms. The zero-order chi connectivity index (χ0) is 14.4. The zero-order valence-electron chi connectivity index (χ0n) is 12.1. The Kier molecular flexibility index (Phi) is 4.82. The van der Waals surface area contributed by atoms with E-state index in [2.05, 4.69) is 34.4 Å². The van der Waals surface area contributed by atoms with Gasteiger partial charge in [-0.1, -0.05) is 18.2 Å². The predicted octanol–water partition coefficient (Wildman–Crippen LogP) is 3.18. The third-order valence-electron chi connectivity index (χ3n) is 2.89. The Hall–Kier alpha value is -2.23. The number of rotatable bonds is 7. The maximum atomic E-state index is 5.76. The van der Waals surface area contributed by atoms with Crippen molar-refractivity contribution in [2.45, 2.75) is 20.4 Å². The van der Waals surface area contributed by atoms with Crippen LogP contribution in [-0.4, -0.2) is 22.7 Å². The second-order valence-electron chi connectivity index (χ2n) is 4.73. The van der Waals surface area contributed by atoms with Crippen LogP contribution in [-0.2, 0) is 6.54 Å². The summed E-state index contributed by atoms with van der Waals surface area (Å²) in [6.07, 6.45) is 3.84. The van der Waals surface area contributed by atoms with Gasteiger partial charge in [0, 0.05) is 12.7 Å². The number of aromatic nitrogens is 2. The molecule has 0 fully saturated rings. The quantitative estimate of drug-likeness (QED) is 0.786. The first-order chi connectivity index (χ1) is 9.69. The van der Waals surface area contributed by atoms with Crippen molar-refractivity contribution in [2.75, 3.05) is 18.5 Å². The predicted molar refractivity (Wildman–Crippen MR) is 82.3 cm³/mol. The van der Waals surface area contributed by atoms with Crippen LogP contribution in [0.25, 0.3) is 0 Å². The van der Waals surface area contributed by atoms with Gasteiger partial charge in [0.2, 0.25) is 5.95 Å². The maximum Gasteiger partial charge on any atom is 0.203 e. The lowest BCUT2D eigenvalue weighted by Gasteiger charge is -2.10. The van der Waals surface area contributed by atoms with Crippen molar-refractivity contribution in [2.24, 2.45) is 0 Å². The van der Waals surface area contributed by atoms with Gasteiger partial charge in [-0.25, -0.2) is 4.98 Å². The lowest BCUT2D eigenvalue weighted by Crippen LogP contribution is -2.12. The number of anilines is 1. The molecule has 0 unspecified atom stereocenters. The average Bonchev–Trinajstić information content (AvgIpc) is 2.77.